The first-order valence-electron chi connectivity index (χ1n) is 10.6. The summed E-state index contributed by atoms with van der Waals surface area (Å²) >= 11 is 1.31. The molecule has 0 radical (unpaired) electrons. The summed E-state index contributed by atoms with van der Waals surface area (Å²) in [4.78, 5) is 32.1. The zero-order chi connectivity index (χ0) is 22.4. The molecule has 1 unspecified atom stereocenters. The third-order valence-corrected chi connectivity index (χ3v) is 7.01. The molecule has 3 rings (SSSR count). The zero-order valence-corrected chi connectivity index (χ0v) is 19.0. The molecule has 1 aromatic heterocycles. The Morgan fingerprint density at radius 3 is 2.55 bits per heavy atom. The molecule has 7 nitrogen and oxygen atoms in total. The number of benzene rings is 1. The van der Waals surface area contributed by atoms with Crippen molar-refractivity contribution < 1.29 is 14.3 Å². The van der Waals surface area contributed by atoms with E-state index in [0.29, 0.717) is 16.5 Å². The molecule has 1 saturated carbocycles. The van der Waals surface area contributed by atoms with Crippen LogP contribution >= 0.6 is 11.3 Å². The van der Waals surface area contributed by atoms with Gasteiger partial charge in [0.15, 0.2) is 0 Å². The third-order valence-electron chi connectivity index (χ3n) is 5.85. The van der Waals surface area contributed by atoms with E-state index in [2.05, 4.69) is 16.9 Å². The van der Waals surface area contributed by atoms with Crippen LogP contribution in [0, 0.1) is 11.8 Å². The van der Waals surface area contributed by atoms with Crippen LogP contribution in [0.2, 0.25) is 0 Å². The Bertz CT molecular complexity index is 960. The Kier molecular flexibility index (Phi) is 7.71. The number of methoxy groups -OCH3 is 1. The molecule has 0 aliphatic heterocycles. The standard InChI is InChI=1S/C23H28N4O3S/c1-15-9-11-18(12-10-15)22(28)27(16(2)14-25-26-24)19-13-20(17-7-5-4-6-8-17)31-21(19)23(29)30-3/h4-8,13,15-16,18H,9-12,14H2,1-3H3. The van der Waals surface area contributed by atoms with Crippen molar-refractivity contribution in [2.45, 2.75) is 45.6 Å². The number of ether oxygens (including phenoxy) is 1. The van der Waals surface area contributed by atoms with Crippen molar-refractivity contribution in [3.63, 3.8) is 0 Å². The van der Waals surface area contributed by atoms with Crippen LogP contribution in [0.1, 0.15) is 49.2 Å². The number of amides is 1. The molecular weight excluding hydrogens is 412 g/mol. The van der Waals surface area contributed by atoms with Gasteiger partial charge in [0, 0.05) is 28.3 Å². The van der Waals surface area contributed by atoms with Gasteiger partial charge in [0.25, 0.3) is 0 Å². The first-order valence-corrected chi connectivity index (χ1v) is 11.4. The molecule has 1 aliphatic rings. The van der Waals surface area contributed by atoms with Crippen molar-refractivity contribution >= 4 is 28.9 Å². The van der Waals surface area contributed by atoms with E-state index in [1.54, 1.807) is 4.90 Å². The number of carbonyl (C=O) groups excluding carboxylic acids is 2. The maximum atomic E-state index is 13.7. The fraction of sp³-hybridized carbons (Fsp3) is 0.478. The average molecular weight is 441 g/mol. The Hall–Kier alpha value is -2.83. The zero-order valence-electron chi connectivity index (χ0n) is 18.2. The number of nitrogens with zero attached hydrogens (tertiary/aromatic N) is 4. The molecular formula is C23H28N4O3S. The van der Waals surface area contributed by atoms with Gasteiger partial charge in [0.05, 0.1) is 12.8 Å². The highest BCUT2D eigenvalue weighted by Crippen LogP contribution is 2.40. The largest absolute Gasteiger partial charge is 0.465 e. The number of anilines is 1. The molecule has 164 valence electrons. The van der Waals surface area contributed by atoms with Crippen LogP contribution in [0.25, 0.3) is 20.9 Å². The lowest BCUT2D eigenvalue weighted by atomic mass is 9.82. The summed E-state index contributed by atoms with van der Waals surface area (Å²) in [6.45, 7) is 4.19. The second-order valence-electron chi connectivity index (χ2n) is 8.11. The van der Waals surface area contributed by atoms with Gasteiger partial charge < -0.3 is 9.64 Å². The molecule has 1 atom stereocenters. The van der Waals surface area contributed by atoms with Crippen molar-refractivity contribution in [3.05, 3.63) is 51.7 Å². The number of thiophene rings is 1. The number of azide groups is 1. The summed E-state index contributed by atoms with van der Waals surface area (Å²) in [5.74, 6) is 0.0215. The molecule has 0 N–H and O–H groups in total. The van der Waals surface area contributed by atoms with E-state index >= 15 is 0 Å². The summed E-state index contributed by atoms with van der Waals surface area (Å²) in [6.07, 6.45) is 3.68. The molecule has 1 fully saturated rings. The lowest BCUT2D eigenvalue weighted by molar-refractivity contribution is -0.123. The minimum atomic E-state index is -0.478. The van der Waals surface area contributed by atoms with Gasteiger partial charge in [0.1, 0.15) is 4.88 Å². The van der Waals surface area contributed by atoms with E-state index < -0.39 is 5.97 Å². The van der Waals surface area contributed by atoms with Crippen molar-refractivity contribution in [1.29, 1.82) is 0 Å². The predicted molar refractivity (Wildman–Crippen MR) is 123 cm³/mol. The molecule has 0 spiro atoms. The molecule has 2 aromatic rings. The van der Waals surface area contributed by atoms with Gasteiger partial charge in [-0.15, -0.1) is 11.3 Å². The molecule has 31 heavy (non-hydrogen) atoms. The fourth-order valence-electron chi connectivity index (χ4n) is 4.06. The Balaban J connectivity index is 2.06. The third kappa shape index (κ3) is 5.27. The van der Waals surface area contributed by atoms with E-state index in [0.717, 1.165) is 36.1 Å². The topological polar surface area (TPSA) is 95.4 Å². The number of esters is 1. The van der Waals surface area contributed by atoms with Gasteiger partial charge >= 0.3 is 5.97 Å². The SMILES string of the molecule is COC(=O)c1sc(-c2ccccc2)cc1N(C(=O)C1CCC(C)CC1)C(C)CN=[N+]=[N-]. The van der Waals surface area contributed by atoms with Gasteiger partial charge in [-0.3, -0.25) is 4.79 Å². The summed E-state index contributed by atoms with van der Waals surface area (Å²) in [5.41, 5.74) is 10.3. The second-order valence-corrected chi connectivity index (χ2v) is 9.16. The Morgan fingerprint density at radius 1 is 1.26 bits per heavy atom. The smallest absolute Gasteiger partial charge is 0.350 e. The van der Waals surface area contributed by atoms with Crippen LogP contribution in [0.5, 0.6) is 0 Å². The van der Waals surface area contributed by atoms with Crippen LogP contribution in [0.4, 0.5) is 5.69 Å². The molecule has 0 saturated heterocycles. The van der Waals surface area contributed by atoms with E-state index in [4.69, 9.17) is 10.3 Å². The van der Waals surface area contributed by atoms with Gasteiger partial charge in [-0.1, -0.05) is 42.4 Å². The lowest BCUT2D eigenvalue weighted by Crippen LogP contribution is -2.45. The second kappa shape index (κ2) is 10.5. The molecule has 0 bridgehead atoms. The van der Waals surface area contributed by atoms with E-state index in [1.165, 1.54) is 18.4 Å². The normalized spacial score (nSPS) is 19.2. The molecule has 1 aromatic carbocycles. The van der Waals surface area contributed by atoms with Crippen LogP contribution < -0.4 is 4.90 Å². The molecule has 8 heteroatoms. The van der Waals surface area contributed by atoms with Gasteiger partial charge in [-0.05, 0) is 55.7 Å². The fourth-order valence-corrected chi connectivity index (χ4v) is 5.13. The lowest BCUT2D eigenvalue weighted by Gasteiger charge is -2.34. The first-order chi connectivity index (χ1) is 15.0. The number of carbonyl (C=O) groups is 2. The van der Waals surface area contributed by atoms with Gasteiger partial charge in [-0.2, -0.15) is 0 Å². The summed E-state index contributed by atoms with van der Waals surface area (Å²) in [5, 5.41) is 3.69. The maximum absolute atomic E-state index is 13.7. The van der Waals surface area contributed by atoms with Crippen molar-refractivity contribution in [1.82, 2.24) is 0 Å². The number of rotatable bonds is 7. The van der Waals surface area contributed by atoms with Crippen molar-refractivity contribution in [2.24, 2.45) is 17.0 Å². The number of hydrogen-bond donors (Lipinski definition) is 0. The predicted octanol–water partition coefficient (Wildman–Crippen LogP) is 6.06. The van der Waals surface area contributed by atoms with Crippen LogP contribution in [-0.4, -0.2) is 31.6 Å². The highest BCUT2D eigenvalue weighted by Gasteiger charge is 2.34. The highest BCUT2D eigenvalue weighted by atomic mass is 32.1. The maximum Gasteiger partial charge on any atom is 0.350 e. The Morgan fingerprint density at radius 2 is 1.94 bits per heavy atom. The van der Waals surface area contributed by atoms with Crippen molar-refractivity contribution in [3.8, 4) is 10.4 Å². The summed E-state index contributed by atoms with van der Waals surface area (Å²) < 4.78 is 5.03. The number of hydrogen-bond acceptors (Lipinski definition) is 5. The van der Waals surface area contributed by atoms with Crippen LogP contribution in [0.3, 0.4) is 0 Å². The minimum absolute atomic E-state index is 0.0184. The highest BCUT2D eigenvalue weighted by molar-refractivity contribution is 7.18. The van der Waals surface area contributed by atoms with Gasteiger partial charge in [-0.25, -0.2) is 4.79 Å². The molecule has 1 aliphatic carbocycles. The summed E-state index contributed by atoms with van der Waals surface area (Å²) in [6, 6.07) is 11.2. The van der Waals surface area contributed by atoms with Crippen LogP contribution in [0.15, 0.2) is 41.5 Å². The Labute approximate surface area is 186 Å². The van der Waals surface area contributed by atoms with E-state index in [1.807, 2.05) is 43.3 Å². The monoisotopic (exact) mass is 440 g/mol. The first kappa shape index (κ1) is 22.8. The van der Waals surface area contributed by atoms with Crippen molar-refractivity contribution in [2.75, 3.05) is 18.6 Å². The van der Waals surface area contributed by atoms with E-state index in [9.17, 15) is 9.59 Å². The summed E-state index contributed by atoms with van der Waals surface area (Å²) in [7, 11) is 1.34. The van der Waals surface area contributed by atoms with E-state index in [-0.39, 0.29) is 24.4 Å². The average Bonchev–Trinajstić information content (AvgIpc) is 3.23. The molecule has 1 heterocycles. The molecule has 1 amide bonds. The van der Waals surface area contributed by atoms with Crippen LogP contribution in [-0.2, 0) is 9.53 Å². The quantitative estimate of drug-likeness (QED) is 0.226. The minimum Gasteiger partial charge on any atom is -0.465 e. The van der Waals surface area contributed by atoms with Gasteiger partial charge in [0.2, 0.25) is 5.91 Å².